The minimum absolute atomic E-state index is 0.127. The normalized spacial score (nSPS) is 12.5. The second kappa shape index (κ2) is 10.0. The molecule has 0 spiro atoms. The van der Waals surface area contributed by atoms with Crippen molar-refractivity contribution in [2.75, 3.05) is 13.6 Å². The summed E-state index contributed by atoms with van der Waals surface area (Å²) in [5, 5.41) is 5.06. The van der Waals surface area contributed by atoms with Crippen LogP contribution in [0, 0.1) is 5.92 Å². The van der Waals surface area contributed by atoms with Crippen LogP contribution in [0.25, 0.3) is 0 Å². The third-order valence-electron chi connectivity index (χ3n) is 2.68. The van der Waals surface area contributed by atoms with E-state index in [1.165, 1.54) is 0 Å². The molecule has 4 N–H and O–H groups in total. The van der Waals surface area contributed by atoms with E-state index in [9.17, 15) is 14.4 Å². The first-order valence-corrected chi connectivity index (χ1v) is 7.78. The van der Waals surface area contributed by atoms with Gasteiger partial charge in [-0.3, -0.25) is 15.0 Å². The molecule has 8 heteroatoms. The number of hydrogen-bond acceptors (Lipinski definition) is 5. The number of alkyl carbamates (subject to hydrolysis) is 1. The number of nitrogens with one attached hydrogen (secondary N) is 4. The van der Waals surface area contributed by atoms with Gasteiger partial charge in [-0.25, -0.2) is 10.2 Å². The van der Waals surface area contributed by atoms with Crippen LogP contribution in [0.1, 0.15) is 47.5 Å². The first kappa shape index (κ1) is 21.2. The van der Waals surface area contributed by atoms with Gasteiger partial charge in [0.2, 0.25) is 5.91 Å². The highest BCUT2D eigenvalue weighted by atomic mass is 16.6. The Morgan fingerprint density at radius 2 is 1.74 bits per heavy atom. The molecule has 1 unspecified atom stereocenters. The zero-order valence-corrected chi connectivity index (χ0v) is 14.9. The number of carbonyl (C=O) groups is 3. The summed E-state index contributed by atoms with van der Waals surface area (Å²) in [6.45, 7) is 9.47. The second-order valence-electron chi connectivity index (χ2n) is 6.67. The fourth-order valence-corrected chi connectivity index (χ4v) is 1.69. The minimum atomic E-state index is -0.711. The molecule has 0 saturated heterocycles. The molecule has 0 fully saturated rings. The molecular formula is C15H30N4O4. The Balaban J connectivity index is 4.43. The lowest BCUT2D eigenvalue weighted by Gasteiger charge is -2.24. The van der Waals surface area contributed by atoms with Crippen LogP contribution in [0.4, 0.5) is 4.79 Å². The molecule has 0 radical (unpaired) electrons. The van der Waals surface area contributed by atoms with Gasteiger partial charge < -0.3 is 15.4 Å². The standard InChI is InChI=1S/C15H30N4O4/c1-10(2)9-11(18-14(22)23-15(3,4)5)13(21)19-17-8-7-12(20)16-6/h10-11,17H,7-9H2,1-6H3,(H,16,20)(H,18,22)(H,19,21). The molecule has 0 aliphatic heterocycles. The molecule has 0 bridgehead atoms. The predicted molar refractivity (Wildman–Crippen MR) is 87.4 cm³/mol. The first-order valence-electron chi connectivity index (χ1n) is 7.78. The molecule has 8 nitrogen and oxygen atoms in total. The van der Waals surface area contributed by atoms with E-state index in [-0.39, 0.29) is 24.2 Å². The molecule has 0 aromatic heterocycles. The topological polar surface area (TPSA) is 109 Å². The van der Waals surface area contributed by atoms with Gasteiger partial charge in [0.05, 0.1) is 0 Å². The Morgan fingerprint density at radius 3 is 2.22 bits per heavy atom. The zero-order valence-electron chi connectivity index (χ0n) is 14.9. The Kier molecular flexibility index (Phi) is 9.24. The number of hydrazine groups is 1. The van der Waals surface area contributed by atoms with Crippen LogP contribution in [0.2, 0.25) is 0 Å². The van der Waals surface area contributed by atoms with Crippen molar-refractivity contribution in [1.82, 2.24) is 21.5 Å². The van der Waals surface area contributed by atoms with Crippen molar-refractivity contribution >= 4 is 17.9 Å². The summed E-state index contributed by atoms with van der Waals surface area (Å²) in [5.74, 6) is -0.287. The molecular weight excluding hydrogens is 300 g/mol. The van der Waals surface area contributed by atoms with Crippen LogP contribution < -0.4 is 21.5 Å². The fraction of sp³-hybridized carbons (Fsp3) is 0.800. The maximum atomic E-state index is 12.1. The third kappa shape index (κ3) is 11.4. The predicted octanol–water partition coefficient (Wildman–Crippen LogP) is 0.683. The van der Waals surface area contributed by atoms with E-state index in [0.29, 0.717) is 13.0 Å². The van der Waals surface area contributed by atoms with Gasteiger partial charge in [0.15, 0.2) is 0 Å². The van der Waals surface area contributed by atoms with Gasteiger partial charge >= 0.3 is 6.09 Å². The number of amides is 3. The van der Waals surface area contributed by atoms with Gasteiger partial charge in [0.25, 0.3) is 5.91 Å². The average Bonchev–Trinajstić information content (AvgIpc) is 2.39. The van der Waals surface area contributed by atoms with E-state index in [4.69, 9.17) is 4.74 Å². The van der Waals surface area contributed by atoms with Crippen molar-refractivity contribution in [3.63, 3.8) is 0 Å². The average molecular weight is 330 g/mol. The lowest BCUT2D eigenvalue weighted by Crippen LogP contribution is -2.52. The van der Waals surface area contributed by atoms with Gasteiger partial charge in [-0.1, -0.05) is 13.8 Å². The summed E-state index contributed by atoms with van der Waals surface area (Å²) in [6, 6.07) is -0.711. The molecule has 0 aliphatic carbocycles. The third-order valence-corrected chi connectivity index (χ3v) is 2.68. The highest BCUT2D eigenvalue weighted by Crippen LogP contribution is 2.09. The SMILES string of the molecule is CNC(=O)CCNNC(=O)C(CC(C)C)NC(=O)OC(C)(C)C. The molecule has 0 saturated carbocycles. The van der Waals surface area contributed by atoms with E-state index in [0.717, 1.165) is 0 Å². The molecule has 0 rings (SSSR count). The van der Waals surface area contributed by atoms with E-state index < -0.39 is 17.7 Å². The van der Waals surface area contributed by atoms with Crippen LogP contribution in [-0.2, 0) is 14.3 Å². The summed E-state index contributed by atoms with van der Waals surface area (Å²) in [5.41, 5.74) is 4.54. The summed E-state index contributed by atoms with van der Waals surface area (Å²) in [4.78, 5) is 35.1. The Labute approximate surface area is 138 Å². The van der Waals surface area contributed by atoms with Crippen LogP contribution >= 0.6 is 0 Å². The molecule has 1 atom stereocenters. The summed E-state index contributed by atoms with van der Waals surface area (Å²) in [7, 11) is 1.55. The van der Waals surface area contributed by atoms with Gasteiger partial charge in [-0.05, 0) is 33.1 Å². The van der Waals surface area contributed by atoms with E-state index >= 15 is 0 Å². The van der Waals surface area contributed by atoms with E-state index in [1.54, 1.807) is 27.8 Å². The van der Waals surface area contributed by atoms with Crippen LogP contribution in [0.3, 0.4) is 0 Å². The highest BCUT2D eigenvalue weighted by Gasteiger charge is 2.25. The molecule has 23 heavy (non-hydrogen) atoms. The van der Waals surface area contributed by atoms with E-state index in [2.05, 4.69) is 21.5 Å². The van der Waals surface area contributed by atoms with Crippen molar-refractivity contribution in [3.05, 3.63) is 0 Å². The number of carbonyl (C=O) groups excluding carboxylic acids is 3. The maximum Gasteiger partial charge on any atom is 0.408 e. The lowest BCUT2D eigenvalue weighted by molar-refractivity contribution is -0.125. The maximum absolute atomic E-state index is 12.1. The van der Waals surface area contributed by atoms with E-state index in [1.807, 2.05) is 13.8 Å². The van der Waals surface area contributed by atoms with Gasteiger partial charge in [-0.15, -0.1) is 0 Å². The van der Waals surface area contributed by atoms with Gasteiger partial charge in [0.1, 0.15) is 11.6 Å². The first-order chi connectivity index (χ1) is 10.5. The fourth-order valence-electron chi connectivity index (χ4n) is 1.69. The Bertz CT molecular complexity index is 405. The molecule has 0 heterocycles. The largest absolute Gasteiger partial charge is 0.444 e. The summed E-state index contributed by atoms with van der Waals surface area (Å²) >= 11 is 0. The molecule has 3 amide bonds. The van der Waals surface area contributed by atoms with Crippen LogP contribution in [-0.4, -0.2) is 43.1 Å². The molecule has 134 valence electrons. The Hall–Kier alpha value is -1.83. The van der Waals surface area contributed by atoms with Crippen molar-refractivity contribution in [2.45, 2.75) is 59.1 Å². The van der Waals surface area contributed by atoms with Crippen LogP contribution in [0.5, 0.6) is 0 Å². The number of hydrogen-bond donors (Lipinski definition) is 4. The molecule has 0 aromatic rings. The summed E-state index contributed by atoms with van der Waals surface area (Å²) < 4.78 is 5.17. The van der Waals surface area contributed by atoms with Gasteiger partial charge in [0, 0.05) is 20.0 Å². The molecule has 0 aromatic carbocycles. The smallest absolute Gasteiger partial charge is 0.408 e. The molecule has 0 aliphatic rings. The van der Waals surface area contributed by atoms with Crippen LogP contribution in [0.15, 0.2) is 0 Å². The quantitative estimate of drug-likeness (QED) is 0.387. The number of rotatable bonds is 8. The lowest BCUT2D eigenvalue weighted by atomic mass is 10.0. The minimum Gasteiger partial charge on any atom is -0.444 e. The van der Waals surface area contributed by atoms with Crippen molar-refractivity contribution in [1.29, 1.82) is 0 Å². The second-order valence-corrected chi connectivity index (χ2v) is 6.67. The van der Waals surface area contributed by atoms with Crippen molar-refractivity contribution < 1.29 is 19.1 Å². The van der Waals surface area contributed by atoms with Gasteiger partial charge in [-0.2, -0.15) is 0 Å². The Morgan fingerprint density at radius 1 is 1.13 bits per heavy atom. The number of ether oxygens (including phenoxy) is 1. The summed E-state index contributed by atoms with van der Waals surface area (Å²) in [6.07, 6.45) is 0.0801. The van der Waals surface area contributed by atoms with Crippen molar-refractivity contribution in [2.24, 2.45) is 5.92 Å². The van der Waals surface area contributed by atoms with Crippen molar-refractivity contribution in [3.8, 4) is 0 Å². The monoisotopic (exact) mass is 330 g/mol. The highest BCUT2D eigenvalue weighted by molar-refractivity contribution is 5.85. The zero-order chi connectivity index (χ0) is 18.0.